The minimum Gasteiger partial charge on any atom is -0.379 e. The molecule has 0 bridgehead atoms. The van der Waals surface area contributed by atoms with Crippen molar-refractivity contribution in [3.63, 3.8) is 0 Å². The van der Waals surface area contributed by atoms with Crippen LogP contribution in [0.3, 0.4) is 0 Å². The van der Waals surface area contributed by atoms with E-state index in [1.165, 1.54) is 0 Å². The third kappa shape index (κ3) is 2.91. The van der Waals surface area contributed by atoms with Crippen molar-refractivity contribution in [2.24, 2.45) is 5.92 Å². The van der Waals surface area contributed by atoms with Gasteiger partial charge in [0, 0.05) is 18.2 Å². The van der Waals surface area contributed by atoms with Gasteiger partial charge in [-0.05, 0) is 13.1 Å². The molecule has 2 unspecified atom stereocenters. The summed E-state index contributed by atoms with van der Waals surface area (Å²) in [5.41, 5.74) is -0.486. The van der Waals surface area contributed by atoms with Crippen molar-refractivity contribution >= 4 is 17.3 Å². The minimum atomic E-state index is -0.719. The van der Waals surface area contributed by atoms with E-state index in [1.54, 1.807) is 7.05 Å². The Hall–Kier alpha value is -2.06. The maximum absolute atomic E-state index is 13.6. The second-order valence-electron chi connectivity index (χ2n) is 4.45. The van der Waals surface area contributed by atoms with E-state index >= 15 is 0 Å². The average Bonchev–Trinajstić information content (AvgIpc) is 2.89. The summed E-state index contributed by atoms with van der Waals surface area (Å²) in [6.07, 6.45) is 0. The van der Waals surface area contributed by atoms with Crippen LogP contribution in [0.5, 0.6) is 0 Å². The smallest absolute Gasteiger partial charge is 0.271 e. The van der Waals surface area contributed by atoms with Crippen LogP contribution in [0, 0.1) is 21.8 Å². The van der Waals surface area contributed by atoms with Gasteiger partial charge in [0.2, 0.25) is 5.91 Å². The number of carbonyl (C=O) groups excluding carboxylic acids is 1. The molecule has 1 aliphatic rings. The lowest BCUT2D eigenvalue weighted by Crippen LogP contribution is -2.39. The third-order valence-electron chi connectivity index (χ3n) is 3.21. The van der Waals surface area contributed by atoms with Gasteiger partial charge in [0.05, 0.1) is 29.7 Å². The zero-order valence-electron chi connectivity index (χ0n) is 10.8. The van der Waals surface area contributed by atoms with Crippen LogP contribution in [0.4, 0.5) is 15.8 Å². The summed E-state index contributed by atoms with van der Waals surface area (Å²) in [4.78, 5) is 22.0. The molecule has 1 fully saturated rings. The lowest BCUT2D eigenvalue weighted by Gasteiger charge is -2.16. The molecule has 7 nitrogen and oxygen atoms in total. The third-order valence-corrected chi connectivity index (χ3v) is 3.21. The lowest BCUT2D eigenvalue weighted by atomic mass is 10.0. The molecule has 1 aliphatic heterocycles. The number of nitro groups is 1. The fraction of sp³-hybridized carbons (Fsp3) is 0.417. The Labute approximate surface area is 114 Å². The Balaban J connectivity index is 2.15. The molecular weight excluding hydrogens is 269 g/mol. The van der Waals surface area contributed by atoms with Crippen LogP contribution in [0.15, 0.2) is 18.2 Å². The number of non-ortho nitro benzene ring substituents is 1. The summed E-state index contributed by atoms with van der Waals surface area (Å²) < 4.78 is 18.8. The largest absolute Gasteiger partial charge is 0.379 e. The van der Waals surface area contributed by atoms with Gasteiger partial charge in [0.15, 0.2) is 0 Å². The molecule has 0 aliphatic carbocycles. The van der Waals surface area contributed by atoms with Gasteiger partial charge in [-0.15, -0.1) is 0 Å². The molecule has 1 aromatic rings. The van der Waals surface area contributed by atoms with Crippen LogP contribution in [-0.4, -0.2) is 37.1 Å². The molecule has 1 heterocycles. The van der Waals surface area contributed by atoms with Gasteiger partial charge in [0.1, 0.15) is 5.82 Å². The van der Waals surface area contributed by atoms with Crippen molar-refractivity contribution in [3.05, 3.63) is 34.1 Å². The van der Waals surface area contributed by atoms with Gasteiger partial charge in [-0.25, -0.2) is 4.39 Å². The molecule has 1 aromatic carbocycles. The summed E-state index contributed by atoms with van der Waals surface area (Å²) in [6.45, 7) is 0.625. The molecular formula is C12H14FN3O4. The van der Waals surface area contributed by atoms with Gasteiger partial charge >= 0.3 is 0 Å². The zero-order valence-corrected chi connectivity index (χ0v) is 10.8. The number of nitrogens with one attached hydrogen (secondary N) is 2. The molecule has 0 saturated carbocycles. The number of halogens is 1. The van der Waals surface area contributed by atoms with E-state index in [9.17, 15) is 19.3 Å². The van der Waals surface area contributed by atoms with Crippen molar-refractivity contribution in [1.29, 1.82) is 0 Å². The summed E-state index contributed by atoms with van der Waals surface area (Å²) in [7, 11) is 1.70. The minimum absolute atomic E-state index is 0.156. The first-order valence-electron chi connectivity index (χ1n) is 6.02. The van der Waals surface area contributed by atoms with Crippen LogP contribution in [0.1, 0.15) is 0 Å². The maximum atomic E-state index is 13.6. The van der Waals surface area contributed by atoms with E-state index < -0.39 is 22.6 Å². The standard InChI is InChI=1S/C12H14FN3O4/c1-14-11-6-20-5-8(11)12(17)15-10-4-7(16(18)19)2-3-9(10)13/h2-4,8,11,14H,5-6H2,1H3,(H,15,17). The van der Waals surface area contributed by atoms with Gasteiger partial charge < -0.3 is 15.4 Å². The number of carbonyl (C=O) groups is 1. The number of anilines is 1. The zero-order chi connectivity index (χ0) is 14.7. The number of nitro benzene ring substituents is 1. The quantitative estimate of drug-likeness (QED) is 0.632. The highest BCUT2D eigenvalue weighted by atomic mass is 19.1. The van der Waals surface area contributed by atoms with Crippen LogP contribution in [0.25, 0.3) is 0 Å². The molecule has 2 rings (SSSR count). The second kappa shape index (κ2) is 5.93. The number of nitrogens with zero attached hydrogens (tertiary/aromatic N) is 1. The van der Waals surface area contributed by atoms with Crippen LogP contribution < -0.4 is 10.6 Å². The molecule has 108 valence electrons. The van der Waals surface area contributed by atoms with E-state index in [-0.39, 0.29) is 24.0 Å². The molecule has 0 radical (unpaired) electrons. The van der Waals surface area contributed by atoms with E-state index in [1.807, 2.05) is 0 Å². The maximum Gasteiger partial charge on any atom is 0.271 e. The Morgan fingerprint density at radius 3 is 2.90 bits per heavy atom. The number of hydrogen-bond acceptors (Lipinski definition) is 5. The summed E-state index contributed by atoms with van der Waals surface area (Å²) >= 11 is 0. The number of amides is 1. The average molecular weight is 283 g/mol. The number of hydrogen-bond donors (Lipinski definition) is 2. The number of ether oxygens (including phenoxy) is 1. The number of benzene rings is 1. The molecule has 1 amide bonds. The second-order valence-corrected chi connectivity index (χ2v) is 4.45. The fourth-order valence-electron chi connectivity index (χ4n) is 2.05. The monoisotopic (exact) mass is 283 g/mol. The summed E-state index contributed by atoms with van der Waals surface area (Å²) in [6, 6.07) is 2.84. The van der Waals surface area contributed by atoms with Crippen LogP contribution in [0.2, 0.25) is 0 Å². The van der Waals surface area contributed by atoms with Crippen LogP contribution >= 0.6 is 0 Å². The normalized spacial score (nSPS) is 21.7. The highest BCUT2D eigenvalue weighted by Crippen LogP contribution is 2.23. The van der Waals surface area contributed by atoms with Crippen LogP contribution in [-0.2, 0) is 9.53 Å². The summed E-state index contributed by atoms with van der Waals surface area (Å²) in [5, 5.41) is 16.0. The van der Waals surface area contributed by atoms with Crippen molar-refractivity contribution in [2.75, 3.05) is 25.6 Å². The van der Waals surface area contributed by atoms with E-state index in [4.69, 9.17) is 4.74 Å². The van der Waals surface area contributed by atoms with Crippen molar-refractivity contribution < 1.29 is 18.8 Å². The Morgan fingerprint density at radius 1 is 1.50 bits per heavy atom. The fourth-order valence-corrected chi connectivity index (χ4v) is 2.05. The molecule has 8 heteroatoms. The van der Waals surface area contributed by atoms with Crippen molar-refractivity contribution in [2.45, 2.75) is 6.04 Å². The first-order chi connectivity index (χ1) is 9.52. The number of rotatable bonds is 4. The van der Waals surface area contributed by atoms with E-state index in [2.05, 4.69) is 10.6 Å². The molecule has 2 N–H and O–H groups in total. The number of likely N-dealkylation sites (N-methyl/N-ethyl adjacent to an activating group) is 1. The van der Waals surface area contributed by atoms with Gasteiger partial charge in [-0.2, -0.15) is 0 Å². The lowest BCUT2D eigenvalue weighted by molar-refractivity contribution is -0.384. The van der Waals surface area contributed by atoms with Gasteiger partial charge in [-0.3, -0.25) is 14.9 Å². The molecule has 2 atom stereocenters. The molecule has 20 heavy (non-hydrogen) atoms. The Bertz CT molecular complexity index is 537. The van der Waals surface area contributed by atoms with E-state index in [0.717, 1.165) is 18.2 Å². The van der Waals surface area contributed by atoms with E-state index in [0.29, 0.717) is 6.61 Å². The molecule has 0 aromatic heterocycles. The first-order valence-corrected chi connectivity index (χ1v) is 6.02. The Kier molecular flexibility index (Phi) is 4.26. The SMILES string of the molecule is CNC1COCC1C(=O)Nc1cc([N+](=O)[O-])ccc1F. The predicted octanol–water partition coefficient (Wildman–Crippen LogP) is 0.907. The summed E-state index contributed by atoms with van der Waals surface area (Å²) in [5.74, 6) is -1.61. The van der Waals surface area contributed by atoms with Gasteiger partial charge in [-0.1, -0.05) is 0 Å². The van der Waals surface area contributed by atoms with Crippen molar-refractivity contribution in [1.82, 2.24) is 5.32 Å². The highest BCUT2D eigenvalue weighted by Gasteiger charge is 2.33. The Morgan fingerprint density at radius 2 is 2.25 bits per heavy atom. The van der Waals surface area contributed by atoms with Gasteiger partial charge in [0.25, 0.3) is 5.69 Å². The predicted molar refractivity (Wildman–Crippen MR) is 68.8 cm³/mol. The van der Waals surface area contributed by atoms with Crippen molar-refractivity contribution in [3.8, 4) is 0 Å². The first kappa shape index (κ1) is 14.4. The molecule has 1 saturated heterocycles. The highest BCUT2D eigenvalue weighted by molar-refractivity contribution is 5.93. The topological polar surface area (TPSA) is 93.5 Å². The molecule has 0 spiro atoms.